The number of hydrogen-bond acceptors (Lipinski definition) is 2. The summed E-state index contributed by atoms with van der Waals surface area (Å²) in [5.74, 6) is 1.11. The molecule has 1 N–H and O–H groups in total. The van der Waals surface area contributed by atoms with E-state index in [9.17, 15) is 0 Å². The van der Waals surface area contributed by atoms with Crippen LogP contribution in [0.4, 0.5) is 0 Å². The van der Waals surface area contributed by atoms with E-state index in [0.29, 0.717) is 5.41 Å². The van der Waals surface area contributed by atoms with Gasteiger partial charge in [0.05, 0.1) is 0 Å². The number of aliphatic imine (C=N–C) groups is 1. The highest BCUT2D eigenvalue weighted by Crippen LogP contribution is 2.47. The lowest BCUT2D eigenvalue weighted by Gasteiger charge is -2.38. The quantitative estimate of drug-likeness (QED) is 0.686. The largest absolute Gasteiger partial charge is 0.357 e. The predicted octanol–water partition coefficient (Wildman–Crippen LogP) is 2.77. The van der Waals surface area contributed by atoms with Gasteiger partial charge in [-0.25, -0.2) is 0 Å². The number of rotatable bonds is 4. The van der Waals surface area contributed by atoms with Gasteiger partial charge in [0.1, 0.15) is 0 Å². The Kier molecular flexibility index (Phi) is 4.65. The van der Waals surface area contributed by atoms with Crippen molar-refractivity contribution in [1.29, 1.82) is 0 Å². The summed E-state index contributed by atoms with van der Waals surface area (Å²) in [7, 11) is 0. The van der Waals surface area contributed by atoms with Crippen molar-refractivity contribution >= 4 is 5.96 Å². The van der Waals surface area contributed by atoms with Crippen molar-refractivity contribution < 1.29 is 0 Å². The molecule has 1 aliphatic carbocycles. The molecule has 2 heterocycles. The fourth-order valence-corrected chi connectivity index (χ4v) is 3.69. The number of guanidine groups is 1. The third-order valence-corrected chi connectivity index (χ3v) is 5.27. The fraction of sp³-hybridized carbons (Fsp3) is 0.667. The first-order valence-electron chi connectivity index (χ1n) is 8.65. The number of hydrogen-bond donors (Lipinski definition) is 1. The van der Waals surface area contributed by atoms with Crippen LogP contribution in [0.3, 0.4) is 0 Å². The highest BCUT2D eigenvalue weighted by Gasteiger charge is 2.43. The number of aromatic nitrogens is 1. The molecule has 0 radical (unpaired) electrons. The topological polar surface area (TPSA) is 40.5 Å². The number of aryl methyl sites for hydroxylation is 1. The average Bonchev–Trinajstić information content (AvgIpc) is 2.94. The lowest BCUT2D eigenvalue weighted by molar-refractivity contribution is 0.151. The van der Waals surface area contributed by atoms with E-state index in [-0.39, 0.29) is 0 Å². The SMILES string of the molecule is CCNC(=NCCc1ccncc1C)N1CCC2(CCC2)C1. The van der Waals surface area contributed by atoms with Gasteiger partial charge in [-0.2, -0.15) is 0 Å². The summed E-state index contributed by atoms with van der Waals surface area (Å²) in [6.07, 6.45) is 10.4. The molecule has 0 amide bonds. The summed E-state index contributed by atoms with van der Waals surface area (Å²) >= 11 is 0. The molecule has 22 heavy (non-hydrogen) atoms. The zero-order valence-electron chi connectivity index (χ0n) is 13.9. The van der Waals surface area contributed by atoms with Crippen LogP contribution in [0.1, 0.15) is 43.7 Å². The van der Waals surface area contributed by atoms with Gasteiger partial charge in [0, 0.05) is 38.6 Å². The standard InChI is InChI=1S/C18H28N4/c1-3-20-17(22-12-9-18(14-22)7-4-8-18)21-11-6-16-5-10-19-13-15(16)2/h5,10,13H,3-4,6-9,11-12,14H2,1-2H3,(H,20,21). The molecule has 1 aromatic rings. The minimum atomic E-state index is 0.623. The molecule has 2 aliphatic rings. The Morgan fingerprint density at radius 3 is 2.91 bits per heavy atom. The average molecular weight is 300 g/mol. The van der Waals surface area contributed by atoms with Gasteiger partial charge in [0.25, 0.3) is 0 Å². The molecule has 0 bridgehead atoms. The number of likely N-dealkylation sites (tertiary alicyclic amines) is 1. The summed E-state index contributed by atoms with van der Waals surface area (Å²) in [5, 5.41) is 3.47. The summed E-state index contributed by atoms with van der Waals surface area (Å²) in [6.45, 7) is 8.43. The van der Waals surface area contributed by atoms with E-state index in [1.165, 1.54) is 49.9 Å². The van der Waals surface area contributed by atoms with Crippen LogP contribution >= 0.6 is 0 Å². The highest BCUT2D eigenvalue weighted by molar-refractivity contribution is 5.80. The molecule has 4 nitrogen and oxygen atoms in total. The Balaban J connectivity index is 1.60. The van der Waals surface area contributed by atoms with E-state index in [0.717, 1.165) is 25.5 Å². The molecule has 3 rings (SSSR count). The van der Waals surface area contributed by atoms with Gasteiger partial charge in [-0.1, -0.05) is 6.42 Å². The van der Waals surface area contributed by atoms with Gasteiger partial charge in [-0.05, 0) is 62.1 Å². The third-order valence-electron chi connectivity index (χ3n) is 5.27. The van der Waals surface area contributed by atoms with Crippen LogP contribution in [-0.4, -0.2) is 42.0 Å². The molecule has 2 fully saturated rings. The normalized spacial score (nSPS) is 20.3. The third kappa shape index (κ3) is 3.26. The van der Waals surface area contributed by atoms with Crippen molar-refractivity contribution in [1.82, 2.24) is 15.2 Å². The minimum absolute atomic E-state index is 0.623. The van der Waals surface area contributed by atoms with E-state index in [1.54, 1.807) is 0 Å². The first kappa shape index (κ1) is 15.3. The second-order valence-corrected chi connectivity index (χ2v) is 6.81. The fourth-order valence-electron chi connectivity index (χ4n) is 3.69. The number of nitrogens with one attached hydrogen (secondary N) is 1. The molecule has 1 saturated carbocycles. The van der Waals surface area contributed by atoms with Gasteiger partial charge in [-0.15, -0.1) is 0 Å². The molecule has 0 aromatic carbocycles. The first-order chi connectivity index (χ1) is 10.7. The Morgan fingerprint density at radius 2 is 2.27 bits per heavy atom. The van der Waals surface area contributed by atoms with Gasteiger partial charge in [-0.3, -0.25) is 9.98 Å². The van der Waals surface area contributed by atoms with Crippen LogP contribution in [-0.2, 0) is 6.42 Å². The van der Waals surface area contributed by atoms with Crippen LogP contribution in [0.15, 0.2) is 23.5 Å². The van der Waals surface area contributed by atoms with Crippen LogP contribution in [0.5, 0.6) is 0 Å². The van der Waals surface area contributed by atoms with Crippen molar-refractivity contribution in [3.8, 4) is 0 Å². The molecule has 1 spiro atoms. The summed E-state index contributed by atoms with van der Waals surface area (Å²) < 4.78 is 0. The summed E-state index contributed by atoms with van der Waals surface area (Å²) in [6, 6.07) is 2.11. The maximum Gasteiger partial charge on any atom is 0.193 e. The van der Waals surface area contributed by atoms with Crippen molar-refractivity contribution in [2.45, 2.75) is 46.0 Å². The van der Waals surface area contributed by atoms with Gasteiger partial charge in [0.2, 0.25) is 0 Å². The molecule has 1 aromatic heterocycles. The maximum absolute atomic E-state index is 4.87. The van der Waals surface area contributed by atoms with Crippen molar-refractivity contribution in [3.05, 3.63) is 29.6 Å². The molecule has 1 aliphatic heterocycles. The van der Waals surface area contributed by atoms with E-state index in [1.807, 2.05) is 12.4 Å². The molecular formula is C18H28N4. The van der Waals surface area contributed by atoms with Crippen LogP contribution in [0, 0.1) is 12.3 Å². The zero-order chi connectivity index (χ0) is 15.4. The lowest BCUT2D eigenvalue weighted by atomic mass is 9.68. The van der Waals surface area contributed by atoms with Crippen LogP contribution < -0.4 is 5.32 Å². The molecule has 4 heteroatoms. The first-order valence-corrected chi connectivity index (χ1v) is 8.65. The van der Waals surface area contributed by atoms with E-state index in [2.05, 4.69) is 35.1 Å². The van der Waals surface area contributed by atoms with Crippen LogP contribution in [0.2, 0.25) is 0 Å². The smallest absolute Gasteiger partial charge is 0.193 e. The maximum atomic E-state index is 4.87. The molecular weight excluding hydrogens is 272 g/mol. The van der Waals surface area contributed by atoms with Gasteiger partial charge >= 0.3 is 0 Å². The Morgan fingerprint density at radius 1 is 1.41 bits per heavy atom. The predicted molar refractivity (Wildman–Crippen MR) is 91.1 cm³/mol. The van der Waals surface area contributed by atoms with E-state index >= 15 is 0 Å². The Hall–Kier alpha value is -1.58. The number of pyridine rings is 1. The molecule has 0 atom stereocenters. The summed E-state index contributed by atoms with van der Waals surface area (Å²) in [5.41, 5.74) is 3.24. The second-order valence-electron chi connectivity index (χ2n) is 6.81. The highest BCUT2D eigenvalue weighted by atomic mass is 15.3. The molecule has 120 valence electrons. The Labute approximate surface area is 134 Å². The van der Waals surface area contributed by atoms with Crippen molar-refractivity contribution in [2.24, 2.45) is 10.4 Å². The summed E-state index contributed by atoms with van der Waals surface area (Å²) in [4.78, 5) is 11.5. The molecule has 1 saturated heterocycles. The monoisotopic (exact) mass is 300 g/mol. The second kappa shape index (κ2) is 6.67. The van der Waals surface area contributed by atoms with E-state index < -0.39 is 0 Å². The number of nitrogens with zero attached hydrogens (tertiary/aromatic N) is 3. The van der Waals surface area contributed by atoms with Crippen molar-refractivity contribution in [2.75, 3.05) is 26.2 Å². The zero-order valence-corrected chi connectivity index (χ0v) is 13.9. The van der Waals surface area contributed by atoms with Gasteiger partial charge < -0.3 is 10.2 Å². The lowest BCUT2D eigenvalue weighted by Crippen LogP contribution is -2.42. The Bertz CT molecular complexity index is 534. The molecule has 0 unspecified atom stereocenters. The minimum Gasteiger partial charge on any atom is -0.357 e. The van der Waals surface area contributed by atoms with Crippen molar-refractivity contribution in [3.63, 3.8) is 0 Å². The van der Waals surface area contributed by atoms with Crippen LogP contribution in [0.25, 0.3) is 0 Å². The van der Waals surface area contributed by atoms with Gasteiger partial charge in [0.15, 0.2) is 5.96 Å². The van der Waals surface area contributed by atoms with E-state index in [4.69, 9.17) is 4.99 Å².